The molecule has 57 heavy (non-hydrogen) atoms. The van der Waals surface area contributed by atoms with E-state index in [1.165, 1.54) is 27.7 Å². The minimum absolute atomic E-state index is 0.00317. The van der Waals surface area contributed by atoms with Crippen molar-refractivity contribution < 1.29 is 86.1 Å². The Morgan fingerprint density at radius 2 is 0.895 bits per heavy atom. The fourth-order valence-corrected chi connectivity index (χ4v) is 3.99. The molecule has 0 saturated carbocycles. The highest BCUT2D eigenvalue weighted by Crippen LogP contribution is 2.27. The Bertz CT molecular complexity index is 1590. The van der Waals surface area contributed by atoms with Crippen LogP contribution in [0, 0.1) is 0 Å². The molecule has 2 fully saturated rings. The van der Waals surface area contributed by atoms with Crippen molar-refractivity contribution in [2.75, 3.05) is 26.4 Å². The SMILES string of the molecule is C=C(C)C(=O)OCC1OC[C@@H](OC(=O)C(=C)C)[C@@H](OC(=O)C(=C)C)[C@@H]1OC(=O)C(=C)C.C=CC(=O)O.C=CC(=O)OC1[C@H](OC(=O)C=C)COC[C@H]1OC(=O)C=C. The molecular weight excluding hydrogens is 756 g/mol. The molecule has 2 aliphatic rings. The van der Waals surface area contributed by atoms with Crippen LogP contribution in [0.3, 0.4) is 0 Å². The van der Waals surface area contributed by atoms with Crippen LogP contribution in [0.15, 0.2) is 99.2 Å². The van der Waals surface area contributed by atoms with Crippen LogP contribution in [0.5, 0.6) is 0 Å². The Morgan fingerprint density at radius 1 is 0.526 bits per heavy atom. The molecule has 0 aromatic rings. The Balaban J connectivity index is 0.00000104. The smallest absolute Gasteiger partial charge is 0.333 e. The minimum Gasteiger partial charge on any atom is -0.478 e. The van der Waals surface area contributed by atoms with Crippen LogP contribution in [0.2, 0.25) is 0 Å². The molecule has 0 spiro atoms. The first-order valence-corrected chi connectivity index (χ1v) is 16.6. The van der Waals surface area contributed by atoms with Crippen LogP contribution < -0.4 is 0 Å². The Hall–Kier alpha value is -6.40. The van der Waals surface area contributed by atoms with Crippen molar-refractivity contribution in [1.82, 2.24) is 0 Å². The summed E-state index contributed by atoms with van der Waals surface area (Å²) in [7, 11) is 0. The molecule has 312 valence electrons. The predicted molar refractivity (Wildman–Crippen MR) is 198 cm³/mol. The van der Waals surface area contributed by atoms with Gasteiger partial charge >= 0.3 is 47.8 Å². The standard InChI is InChI=1S/C22H28O9.C14H16O7.C3H4O2/c1-11(2)19(23)28-9-15-17(30-21(25)13(5)6)18(31-22(26)14(7)8)16(10-27-15)29-20(24)12(3)4;1-4-11(15)19-9-7-18-8-10(20-12(16)5-2)14(9)21-13(17)6-3;1-2-3(4)5/h15-18H,1,3,5,7,9-10H2,2,4,6,8H3;4-6,9-10,14H,1-3,7-8H2;2H,1H2,(H,4,5)/t15?,16-,17-,18-;9-,10-;/m11./s1. The number of carbonyl (C=O) groups is 8. The number of hydrogen-bond donors (Lipinski definition) is 1. The van der Waals surface area contributed by atoms with Gasteiger partial charge in [0.15, 0.2) is 36.6 Å². The van der Waals surface area contributed by atoms with Gasteiger partial charge in [-0.15, -0.1) is 0 Å². The Morgan fingerprint density at radius 3 is 1.28 bits per heavy atom. The first kappa shape index (κ1) is 50.6. The maximum Gasteiger partial charge on any atom is 0.333 e. The van der Waals surface area contributed by atoms with Crippen molar-refractivity contribution in [3.8, 4) is 0 Å². The molecule has 0 radical (unpaired) electrons. The van der Waals surface area contributed by atoms with Gasteiger partial charge in [0.05, 0.1) is 19.8 Å². The molecule has 18 heteroatoms. The van der Waals surface area contributed by atoms with E-state index in [1.807, 2.05) is 0 Å². The summed E-state index contributed by atoms with van der Waals surface area (Å²) < 4.78 is 47.3. The number of aliphatic carboxylic acids is 1. The third kappa shape index (κ3) is 18.7. The number of esters is 7. The van der Waals surface area contributed by atoms with Gasteiger partial charge in [0.25, 0.3) is 0 Å². The number of rotatable bonds is 16. The van der Waals surface area contributed by atoms with Gasteiger partial charge in [-0.2, -0.15) is 0 Å². The molecule has 18 nitrogen and oxygen atoms in total. The van der Waals surface area contributed by atoms with E-state index in [4.69, 9.17) is 47.7 Å². The lowest BCUT2D eigenvalue weighted by molar-refractivity contribution is -0.229. The number of hydrogen-bond acceptors (Lipinski definition) is 17. The molecule has 0 amide bonds. The zero-order valence-corrected chi connectivity index (χ0v) is 32.2. The molecule has 2 saturated heterocycles. The summed E-state index contributed by atoms with van der Waals surface area (Å²) in [6.07, 6.45) is -3.81. The minimum atomic E-state index is -1.28. The summed E-state index contributed by atoms with van der Waals surface area (Å²) >= 11 is 0. The zero-order chi connectivity index (χ0) is 44.0. The monoisotopic (exact) mass is 804 g/mol. The van der Waals surface area contributed by atoms with Crippen molar-refractivity contribution >= 4 is 47.8 Å². The fraction of sp³-hybridized carbons (Fsp3) is 0.385. The molecule has 2 aliphatic heterocycles. The quantitative estimate of drug-likeness (QED) is 0.134. The first-order valence-electron chi connectivity index (χ1n) is 16.6. The Labute approximate surface area is 329 Å². The van der Waals surface area contributed by atoms with Crippen LogP contribution in [0.4, 0.5) is 0 Å². The summed E-state index contributed by atoms with van der Waals surface area (Å²) in [6, 6.07) is 0. The molecule has 2 rings (SSSR count). The maximum atomic E-state index is 12.2. The molecule has 0 bridgehead atoms. The summed E-state index contributed by atoms with van der Waals surface area (Å²) in [6.45, 7) is 32.0. The lowest BCUT2D eigenvalue weighted by atomic mass is 9.99. The number of carboxylic acid groups (broad SMARTS) is 1. The topological polar surface area (TPSA) is 240 Å². The lowest BCUT2D eigenvalue weighted by Gasteiger charge is -2.40. The summed E-state index contributed by atoms with van der Waals surface area (Å²) in [5.41, 5.74) is 0.415. The van der Waals surface area contributed by atoms with Crippen molar-refractivity contribution in [3.63, 3.8) is 0 Å². The summed E-state index contributed by atoms with van der Waals surface area (Å²) in [5, 5.41) is 7.60. The van der Waals surface area contributed by atoms with Crippen LogP contribution >= 0.6 is 0 Å². The maximum absolute atomic E-state index is 12.2. The molecule has 2 heterocycles. The van der Waals surface area contributed by atoms with E-state index in [0.29, 0.717) is 0 Å². The molecule has 6 atom stereocenters. The molecule has 1 N–H and O–H groups in total. The second-order valence-corrected chi connectivity index (χ2v) is 11.8. The normalized spacial score (nSPS) is 20.8. The van der Waals surface area contributed by atoms with E-state index in [0.717, 1.165) is 24.3 Å². The number of ether oxygens (including phenoxy) is 9. The van der Waals surface area contributed by atoms with Gasteiger partial charge in [-0.25, -0.2) is 38.4 Å². The molecule has 0 aliphatic carbocycles. The summed E-state index contributed by atoms with van der Waals surface area (Å²) in [5.74, 6) is -6.16. The van der Waals surface area contributed by atoms with Crippen LogP contribution in [0.25, 0.3) is 0 Å². The van der Waals surface area contributed by atoms with E-state index >= 15 is 0 Å². The van der Waals surface area contributed by atoms with Gasteiger partial charge in [0.1, 0.15) is 12.7 Å². The predicted octanol–water partition coefficient (Wildman–Crippen LogP) is 2.54. The van der Waals surface area contributed by atoms with Gasteiger partial charge in [-0.3, -0.25) is 0 Å². The van der Waals surface area contributed by atoms with E-state index < -0.39 is 90.5 Å². The average molecular weight is 805 g/mol. The second kappa shape index (κ2) is 25.6. The van der Waals surface area contributed by atoms with E-state index in [9.17, 15) is 38.4 Å². The molecule has 0 aromatic carbocycles. The molecular formula is C39H48O18. The third-order valence-corrected chi connectivity index (χ3v) is 6.81. The third-order valence-electron chi connectivity index (χ3n) is 6.81. The highest BCUT2D eigenvalue weighted by Gasteiger charge is 2.48. The average Bonchev–Trinajstić information content (AvgIpc) is 3.16. The molecule has 1 unspecified atom stereocenters. The lowest BCUT2D eigenvalue weighted by Crippen LogP contribution is -2.59. The van der Waals surface area contributed by atoms with Gasteiger partial charge in [-0.1, -0.05) is 52.6 Å². The molecule has 0 aromatic heterocycles. The van der Waals surface area contributed by atoms with Gasteiger partial charge in [0.2, 0.25) is 0 Å². The van der Waals surface area contributed by atoms with E-state index in [2.05, 4.69) is 52.6 Å². The second-order valence-electron chi connectivity index (χ2n) is 11.8. The van der Waals surface area contributed by atoms with Crippen molar-refractivity contribution in [1.29, 1.82) is 0 Å². The van der Waals surface area contributed by atoms with Gasteiger partial charge in [0, 0.05) is 46.6 Å². The van der Waals surface area contributed by atoms with Gasteiger partial charge in [-0.05, 0) is 27.7 Å². The van der Waals surface area contributed by atoms with E-state index in [1.54, 1.807) is 0 Å². The zero-order valence-electron chi connectivity index (χ0n) is 32.2. The summed E-state index contributed by atoms with van der Waals surface area (Å²) in [4.78, 5) is 91.5. The number of carboxylic acids is 1. The van der Waals surface area contributed by atoms with Crippen molar-refractivity contribution in [2.45, 2.75) is 70.4 Å². The van der Waals surface area contributed by atoms with Crippen LogP contribution in [0.1, 0.15) is 27.7 Å². The van der Waals surface area contributed by atoms with Crippen LogP contribution in [-0.4, -0.2) is 122 Å². The highest BCUT2D eigenvalue weighted by molar-refractivity contribution is 5.89. The first-order chi connectivity index (χ1) is 26.6. The largest absolute Gasteiger partial charge is 0.478 e. The van der Waals surface area contributed by atoms with Gasteiger partial charge < -0.3 is 47.7 Å². The van der Waals surface area contributed by atoms with Crippen molar-refractivity contribution in [3.05, 3.63) is 99.2 Å². The van der Waals surface area contributed by atoms with Crippen LogP contribution in [-0.2, 0) is 81.0 Å². The highest BCUT2D eigenvalue weighted by atomic mass is 16.7. The Kier molecular flexibility index (Phi) is 22.8. The fourth-order valence-electron chi connectivity index (χ4n) is 3.99. The van der Waals surface area contributed by atoms with E-state index in [-0.39, 0.29) is 48.7 Å². The number of carbonyl (C=O) groups excluding carboxylic acids is 7. The van der Waals surface area contributed by atoms with Crippen molar-refractivity contribution in [2.24, 2.45) is 0 Å².